The van der Waals surface area contributed by atoms with Gasteiger partial charge in [-0.1, -0.05) is 0 Å². The molecule has 0 unspecified atom stereocenters. The van der Waals surface area contributed by atoms with Gasteiger partial charge in [-0.05, 0) is 46.6 Å². The molecule has 1 aliphatic heterocycles. The number of nitrogens with zero attached hydrogens (tertiary/aromatic N) is 4. The van der Waals surface area contributed by atoms with E-state index in [1.54, 1.807) is 19.5 Å². The maximum Gasteiger partial charge on any atom is 0.410 e. The maximum absolute atomic E-state index is 12.3. The largest absolute Gasteiger partial charge is 0.480 e. The van der Waals surface area contributed by atoms with Crippen LogP contribution in [0.5, 0.6) is 5.88 Å². The van der Waals surface area contributed by atoms with Crippen LogP contribution in [0.15, 0.2) is 12.4 Å². The van der Waals surface area contributed by atoms with Gasteiger partial charge in [-0.25, -0.2) is 9.78 Å². The topological polar surface area (TPSA) is 67.8 Å². The number of hydrogen-bond donors (Lipinski definition) is 0. The smallest absolute Gasteiger partial charge is 0.410 e. The van der Waals surface area contributed by atoms with E-state index in [2.05, 4.69) is 21.9 Å². The molecule has 2 heterocycles. The van der Waals surface area contributed by atoms with Gasteiger partial charge in [0.2, 0.25) is 5.88 Å². The van der Waals surface area contributed by atoms with Gasteiger partial charge in [-0.3, -0.25) is 9.88 Å². The summed E-state index contributed by atoms with van der Waals surface area (Å²) >= 11 is 0. The fourth-order valence-electron chi connectivity index (χ4n) is 3.10. The van der Waals surface area contributed by atoms with Gasteiger partial charge < -0.3 is 14.4 Å². The molecule has 7 heteroatoms. The lowest BCUT2D eigenvalue weighted by atomic mass is 9.98. The van der Waals surface area contributed by atoms with Crippen molar-refractivity contribution in [3.05, 3.63) is 18.1 Å². The highest BCUT2D eigenvalue weighted by atomic mass is 16.6. The van der Waals surface area contributed by atoms with Crippen molar-refractivity contribution in [3.63, 3.8) is 0 Å². The summed E-state index contributed by atoms with van der Waals surface area (Å²) in [5, 5.41) is 0. The monoisotopic (exact) mass is 350 g/mol. The van der Waals surface area contributed by atoms with E-state index in [1.165, 1.54) is 0 Å². The van der Waals surface area contributed by atoms with Crippen LogP contribution in [0.4, 0.5) is 4.79 Å². The summed E-state index contributed by atoms with van der Waals surface area (Å²) in [6, 6.07) is 0. The third kappa shape index (κ3) is 6.16. The Bertz CT molecular complexity index is 574. The number of piperidine rings is 1. The maximum atomic E-state index is 12.3. The van der Waals surface area contributed by atoms with Crippen molar-refractivity contribution in [3.8, 4) is 5.88 Å². The van der Waals surface area contributed by atoms with Crippen LogP contribution < -0.4 is 4.74 Å². The minimum atomic E-state index is -0.455. The van der Waals surface area contributed by atoms with Crippen molar-refractivity contribution in [2.24, 2.45) is 5.92 Å². The van der Waals surface area contributed by atoms with E-state index in [0.29, 0.717) is 18.3 Å². The first kappa shape index (κ1) is 19.4. The van der Waals surface area contributed by atoms with Gasteiger partial charge in [0, 0.05) is 38.6 Å². The van der Waals surface area contributed by atoms with Crippen LogP contribution in [0.25, 0.3) is 0 Å². The molecule has 1 aliphatic rings. The molecule has 0 radical (unpaired) electrons. The van der Waals surface area contributed by atoms with Gasteiger partial charge >= 0.3 is 6.09 Å². The molecule has 0 aromatic carbocycles. The lowest BCUT2D eigenvalue weighted by molar-refractivity contribution is 0.0147. The number of ether oxygens (including phenoxy) is 2. The van der Waals surface area contributed by atoms with Crippen LogP contribution in [0.1, 0.15) is 39.3 Å². The van der Waals surface area contributed by atoms with E-state index in [-0.39, 0.29) is 6.09 Å². The predicted molar refractivity (Wildman–Crippen MR) is 95.4 cm³/mol. The van der Waals surface area contributed by atoms with Gasteiger partial charge in [-0.15, -0.1) is 0 Å². The number of rotatable bonds is 5. The molecule has 0 bridgehead atoms. The van der Waals surface area contributed by atoms with E-state index < -0.39 is 5.60 Å². The summed E-state index contributed by atoms with van der Waals surface area (Å²) in [4.78, 5) is 24.8. The molecule has 2 rings (SSSR count). The fraction of sp³-hybridized carbons (Fsp3) is 0.722. The molecule has 0 aliphatic carbocycles. The highest BCUT2D eigenvalue weighted by molar-refractivity contribution is 5.68. The van der Waals surface area contributed by atoms with Crippen molar-refractivity contribution in [2.75, 3.05) is 33.8 Å². The minimum Gasteiger partial charge on any atom is -0.480 e. The summed E-state index contributed by atoms with van der Waals surface area (Å²) in [6.07, 6.45) is 5.21. The van der Waals surface area contributed by atoms with E-state index in [4.69, 9.17) is 9.47 Å². The van der Waals surface area contributed by atoms with Gasteiger partial charge in [0.25, 0.3) is 0 Å². The Hall–Kier alpha value is -1.89. The molecule has 0 saturated carbocycles. The van der Waals surface area contributed by atoms with E-state index in [1.807, 2.05) is 25.7 Å². The molecular formula is C18H30N4O3. The standard InChI is InChI=1S/C18H30N4O3/c1-18(2,3)25-17(23)22-10-6-7-14(12-22)11-21(4)13-15-16(24-5)20-9-8-19-15/h8-9,14H,6-7,10-13H2,1-5H3/t14-/m0/s1. The quantitative estimate of drug-likeness (QED) is 0.813. The van der Waals surface area contributed by atoms with Crippen molar-refractivity contribution in [1.82, 2.24) is 19.8 Å². The molecule has 0 spiro atoms. The van der Waals surface area contributed by atoms with E-state index in [9.17, 15) is 4.79 Å². The summed E-state index contributed by atoms with van der Waals surface area (Å²) in [6.45, 7) is 8.75. The molecule has 140 valence electrons. The first-order valence-corrected chi connectivity index (χ1v) is 8.79. The average molecular weight is 350 g/mol. The second kappa shape index (κ2) is 8.47. The highest BCUT2D eigenvalue weighted by Gasteiger charge is 2.28. The number of carbonyl (C=O) groups is 1. The van der Waals surface area contributed by atoms with Crippen LogP contribution in [0.2, 0.25) is 0 Å². The van der Waals surface area contributed by atoms with Crippen molar-refractivity contribution in [2.45, 2.75) is 45.8 Å². The zero-order chi connectivity index (χ0) is 18.4. The van der Waals surface area contributed by atoms with E-state index in [0.717, 1.165) is 38.2 Å². The third-order valence-electron chi connectivity index (χ3n) is 4.09. The summed E-state index contributed by atoms with van der Waals surface area (Å²) in [5.74, 6) is 0.988. The Morgan fingerprint density at radius 2 is 2.08 bits per heavy atom. The van der Waals surface area contributed by atoms with Crippen LogP contribution in [-0.2, 0) is 11.3 Å². The normalized spacial score (nSPS) is 18.3. The number of carbonyl (C=O) groups excluding carboxylic acids is 1. The Morgan fingerprint density at radius 3 is 2.76 bits per heavy atom. The fourth-order valence-corrected chi connectivity index (χ4v) is 3.10. The molecule has 1 amide bonds. The Kier molecular flexibility index (Phi) is 6.58. The van der Waals surface area contributed by atoms with Gasteiger partial charge in [-0.2, -0.15) is 0 Å². The zero-order valence-corrected chi connectivity index (χ0v) is 16.0. The number of likely N-dealkylation sites (tertiary alicyclic amines) is 1. The molecule has 7 nitrogen and oxygen atoms in total. The molecule has 1 saturated heterocycles. The van der Waals surface area contributed by atoms with Crippen molar-refractivity contribution >= 4 is 6.09 Å². The van der Waals surface area contributed by atoms with Gasteiger partial charge in [0.1, 0.15) is 11.3 Å². The summed E-state index contributed by atoms with van der Waals surface area (Å²) in [5.41, 5.74) is 0.371. The number of aromatic nitrogens is 2. The molecule has 0 N–H and O–H groups in total. The second-order valence-electron chi connectivity index (χ2n) is 7.64. The highest BCUT2D eigenvalue weighted by Crippen LogP contribution is 2.21. The second-order valence-corrected chi connectivity index (χ2v) is 7.64. The molecule has 1 fully saturated rings. The van der Waals surface area contributed by atoms with Gasteiger partial charge in [0.05, 0.1) is 7.11 Å². The Labute approximate surface area is 150 Å². The SMILES string of the molecule is COc1nccnc1CN(C)C[C@@H]1CCCN(C(=O)OC(C)(C)C)C1. The Morgan fingerprint density at radius 1 is 1.36 bits per heavy atom. The Balaban J connectivity index is 1.88. The lowest BCUT2D eigenvalue weighted by Gasteiger charge is -2.35. The molecule has 1 atom stereocenters. The first-order chi connectivity index (χ1) is 11.8. The molecular weight excluding hydrogens is 320 g/mol. The molecule has 1 aromatic heterocycles. The van der Waals surface area contributed by atoms with Crippen LogP contribution in [0.3, 0.4) is 0 Å². The third-order valence-corrected chi connectivity index (χ3v) is 4.09. The van der Waals surface area contributed by atoms with Crippen LogP contribution in [-0.4, -0.2) is 65.3 Å². The van der Waals surface area contributed by atoms with Crippen LogP contribution in [0, 0.1) is 5.92 Å². The number of hydrogen-bond acceptors (Lipinski definition) is 6. The number of methoxy groups -OCH3 is 1. The van der Waals surface area contributed by atoms with Gasteiger partial charge in [0.15, 0.2) is 0 Å². The van der Waals surface area contributed by atoms with E-state index >= 15 is 0 Å². The molecule has 25 heavy (non-hydrogen) atoms. The molecule has 1 aromatic rings. The average Bonchev–Trinajstić information content (AvgIpc) is 2.54. The summed E-state index contributed by atoms with van der Waals surface area (Å²) < 4.78 is 10.8. The van der Waals surface area contributed by atoms with Crippen molar-refractivity contribution < 1.29 is 14.3 Å². The van der Waals surface area contributed by atoms with Crippen molar-refractivity contribution in [1.29, 1.82) is 0 Å². The van der Waals surface area contributed by atoms with Crippen LogP contribution >= 0.6 is 0 Å². The predicted octanol–water partition coefficient (Wildman–Crippen LogP) is 2.56. The zero-order valence-electron chi connectivity index (χ0n) is 16.0. The minimum absolute atomic E-state index is 0.213. The lowest BCUT2D eigenvalue weighted by Crippen LogP contribution is -2.45. The number of amides is 1. The first-order valence-electron chi connectivity index (χ1n) is 8.79. The summed E-state index contributed by atoms with van der Waals surface area (Å²) in [7, 11) is 3.66.